The summed E-state index contributed by atoms with van der Waals surface area (Å²) in [6.07, 6.45) is 4.15. The van der Waals surface area contributed by atoms with Crippen LogP contribution in [0.25, 0.3) is 0 Å². The van der Waals surface area contributed by atoms with Crippen LogP contribution in [0.15, 0.2) is 59.5 Å². The highest BCUT2D eigenvalue weighted by Gasteiger charge is 2.26. The first kappa shape index (κ1) is 20.1. The first-order chi connectivity index (χ1) is 13.1. The molecule has 0 amide bonds. The maximum atomic E-state index is 13.0. The van der Waals surface area contributed by atoms with Gasteiger partial charge in [0, 0.05) is 26.2 Å². The zero-order valence-electron chi connectivity index (χ0n) is 16.2. The summed E-state index contributed by atoms with van der Waals surface area (Å²) >= 11 is 0. The van der Waals surface area contributed by atoms with E-state index in [1.54, 1.807) is 16.4 Å². The zero-order chi connectivity index (χ0) is 19.1. The van der Waals surface area contributed by atoms with Crippen LogP contribution in [-0.4, -0.2) is 43.8 Å². The van der Waals surface area contributed by atoms with Crippen molar-refractivity contribution >= 4 is 10.0 Å². The van der Waals surface area contributed by atoms with Gasteiger partial charge in [0.25, 0.3) is 0 Å². The van der Waals surface area contributed by atoms with Gasteiger partial charge in [0.05, 0.1) is 4.90 Å². The topological polar surface area (TPSA) is 40.6 Å². The third kappa shape index (κ3) is 5.41. The van der Waals surface area contributed by atoms with E-state index in [2.05, 4.69) is 24.0 Å². The molecule has 0 unspecified atom stereocenters. The van der Waals surface area contributed by atoms with Gasteiger partial charge in [0.1, 0.15) is 0 Å². The fraction of sp³-hybridized carbons (Fsp3) is 0.455. The van der Waals surface area contributed by atoms with Gasteiger partial charge in [-0.2, -0.15) is 4.31 Å². The number of hydrogen-bond donors (Lipinski definition) is 0. The van der Waals surface area contributed by atoms with Gasteiger partial charge in [-0.05, 0) is 49.1 Å². The van der Waals surface area contributed by atoms with Crippen LogP contribution in [0, 0.1) is 0 Å². The van der Waals surface area contributed by atoms with E-state index in [0.29, 0.717) is 18.0 Å². The highest BCUT2D eigenvalue weighted by molar-refractivity contribution is 7.89. The molecule has 5 heteroatoms. The normalized spacial score (nSPS) is 16.9. The van der Waals surface area contributed by atoms with E-state index in [1.807, 2.05) is 30.3 Å². The lowest BCUT2D eigenvalue weighted by Gasteiger charge is -2.22. The minimum atomic E-state index is -3.41. The van der Waals surface area contributed by atoms with Crippen LogP contribution in [0.5, 0.6) is 0 Å². The molecule has 1 fully saturated rings. The Balaban J connectivity index is 1.63. The SMILES string of the molecule is CCCCc1ccc(S(=O)(=O)N2CCCN(Cc3ccccc3)CC2)cc1. The summed E-state index contributed by atoms with van der Waals surface area (Å²) in [6.45, 7) is 5.87. The molecule has 1 heterocycles. The molecule has 146 valence electrons. The number of rotatable bonds is 7. The average molecular weight is 387 g/mol. The van der Waals surface area contributed by atoms with Crippen molar-refractivity contribution in [3.63, 3.8) is 0 Å². The summed E-state index contributed by atoms with van der Waals surface area (Å²) in [5, 5.41) is 0. The van der Waals surface area contributed by atoms with Crippen LogP contribution in [0.4, 0.5) is 0 Å². The molecule has 0 bridgehead atoms. The van der Waals surface area contributed by atoms with Gasteiger partial charge in [-0.3, -0.25) is 4.90 Å². The Morgan fingerprint density at radius 1 is 0.852 bits per heavy atom. The second kappa shape index (κ2) is 9.49. The summed E-state index contributed by atoms with van der Waals surface area (Å²) in [6, 6.07) is 17.8. The smallest absolute Gasteiger partial charge is 0.243 e. The molecule has 0 aliphatic carbocycles. The second-order valence-electron chi connectivity index (χ2n) is 7.27. The number of sulfonamides is 1. The van der Waals surface area contributed by atoms with E-state index in [1.165, 1.54) is 11.1 Å². The van der Waals surface area contributed by atoms with Crippen LogP contribution in [0.2, 0.25) is 0 Å². The molecule has 0 N–H and O–H groups in total. The third-order valence-corrected chi connectivity index (χ3v) is 7.09. The van der Waals surface area contributed by atoms with Crippen molar-refractivity contribution in [3.8, 4) is 0 Å². The number of nitrogens with zero attached hydrogens (tertiary/aromatic N) is 2. The van der Waals surface area contributed by atoms with Crippen molar-refractivity contribution in [1.29, 1.82) is 0 Å². The lowest BCUT2D eigenvalue weighted by atomic mass is 10.1. The Labute approximate surface area is 163 Å². The van der Waals surface area contributed by atoms with E-state index < -0.39 is 10.0 Å². The summed E-state index contributed by atoms with van der Waals surface area (Å²) in [7, 11) is -3.41. The molecule has 0 radical (unpaired) electrons. The summed E-state index contributed by atoms with van der Waals surface area (Å²) in [5.74, 6) is 0. The molecule has 1 aliphatic rings. The Morgan fingerprint density at radius 3 is 2.30 bits per heavy atom. The first-order valence-electron chi connectivity index (χ1n) is 9.95. The fourth-order valence-corrected chi connectivity index (χ4v) is 5.02. The molecule has 2 aromatic carbocycles. The van der Waals surface area contributed by atoms with Gasteiger partial charge in [0.15, 0.2) is 0 Å². The zero-order valence-corrected chi connectivity index (χ0v) is 17.0. The lowest BCUT2D eigenvalue weighted by Crippen LogP contribution is -2.35. The number of unbranched alkanes of at least 4 members (excludes halogenated alkanes) is 1. The highest BCUT2D eigenvalue weighted by atomic mass is 32.2. The van der Waals surface area contributed by atoms with Crippen molar-refractivity contribution in [2.24, 2.45) is 0 Å². The molecule has 4 nitrogen and oxygen atoms in total. The quantitative estimate of drug-likeness (QED) is 0.724. The first-order valence-corrected chi connectivity index (χ1v) is 11.4. The fourth-order valence-electron chi connectivity index (χ4n) is 3.55. The lowest BCUT2D eigenvalue weighted by molar-refractivity contribution is 0.278. The van der Waals surface area contributed by atoms with Crippen molar-refractivity contribution in [2.45, 2.75) is 44.0 Å². The van der Waals surface area contributed by atoms with Gasteiger partial charge in [0.2, 0.25) is 10.0 Å². The Bertz CT molecular complexity index is 804. The molecule has 0 aromatic heterocycles. The molecule has 3 rings (SSSR count). The van der Waals surface area contributed by atoms with Crippen molar-refractivity contribution < 1.29 is 8.42 Å². The molecule has 27 heavy (non-hydrogen) atoms. The van der Waals surface area contributed by atoms with Gasteiger partial charge < -0.3 is 0 Å². The van der Waals surface area contributed by atoms with E-state index in [0.717, 1.165) is 45.3 Å². The van der Waals surface area contributed by atoms with Gasteiger partial charge in [-0.1, -0.05) is 55.8 Å². The molecule has 0 spiro atoms. The minimum absolute atomic E-state index is 0.416. The second-order valence-corrected chi connectivity index (χ2v) is 9.20. The van der Waals surface area contributed by atoms with Gasteiger partial charge in [-0.15, -0.1) is 0 Å². The maximum Gasteiger partial charge on any atom is 0.243 e. The van der Waals surface area contributed by atoms with Crippen molar-refractivity contribution in [1.82, 2.24) is 9.21 Å². The van der Waals surface area contributed by atoms with Crippen LogP contribution >= 0.6 is 0 Å². The van der Waals surface area contributed by atoms with E-state index in [9.17, 15) is 8.42 Å². The van der Waals surface area contributed by atoms with E-state index in [-0.39, 0.29) is 0 Å². The molecule has 1 aliphatic heterocycles. The summed E-state index contributed by atoms with van der Waals surface area (Å²) < 4.78 is 27.7. The average Bonchev–Trinajstić information content (AvgIpc) is 2.93. The Kier molecular flexibility index (Phi) is 7.05. The third-order valence-electron chi connectivity index (χ3n) is 5.18. The molecular formula is C22H30N2O2S. The monoisotopic (exact) mass is 386 g/mol. The van der Waals surface area contributed by atoms with E-state index >= 15 is 0 Å². The predicted octanol–water partition coefficient (Wildman–Crippen LogP) is 3.93. The highest BCUT2D eigenvalue weighted by Crippen LogP contribution is 2.19. The minimum Gasteiger partial charge on any atom is -0.298 e. The largest absolute Gasteiger partial charge is 0.298 e. The van der Waals surface area contributed by atoms with E-state index in [4.69, 9.17) is 0 Å². The molecule has 1 saturated heterocycles. The van der Waals surface area contributed by atoms with Crippen LogP contribution < -0.4 is 0 Å². The molecule has 0 saturated carbocycles. The number of aryl methyl sites for hydroxylation is 1. The number of hydrogen-bond acceptors (Lipinski definition) is 3. The Morgan fingerprint density at radius 2 is 1.59 bits per heavy atom. The standard InChI is InChI=1S/C22H30N2O2S/c1-2-3-8-20-11-13-22(14-12-20)27(25,26)24-16-7-15-23(17-18-24)19-21-9-5-4-6-10-21/h4-6,9-14H,2-3,7-8,15-19H2,1H3. The molecular weight excluding hydrogens is 356 g/mol. The molecule has 2 aromatic rings. The van der Waals surface area contributed by atoms with Gasteiger partial charge >= 0.3 is 0 Å². The summed E-state index contributed by atoms with van der Waals surface area (Å²) in [4.78, 5) is 2.76. The van der Waals surface area contributed by atoms with Crippen molar-refractivity contribution in [3.05, 3.63) is 65.7 Å². The van der Waals surface area contributed by atoms with Gasteiger partial charge in [-0.25, -0.2) is 8.42 Å². The Hall–Kier alpha value is -1.69. The number of benzene rings is 2. The van der Waals surface area contributed by atoms with Crippen LogP contribution in [0.1, 0.15) is 37.3 Å². The maximum absolute atomic E-state index is 13.0. The molecule has 0 atom stereocenters. The van der Waals surface area contributed by atoms with Crippen LogP contribution in [0.3, 0.4) is 0 Å². The van der Waals surface area contributed by atoms with Crippen LogP contribution in [-0.2, 0) is 23.0 Å². The van der Waals surface area contributed by atoms with Crippen molar-refractivity contribution in [2.75, 3.05) is 26.2 Å². The predicted molar refractivity (Wildman–Crippen MR) is 110 cm³/mol. The summed E-state index contributed by atoms with van der Waals surface area (Å²) in [5.41, 5.74) is 2.48.